The van der Waals surface area contributed by atoms with Crippen molar-refractivity contribution >= 4 is 11.5 Å². The van der Waals surface area contributed by atoms with Gasteiger partial charge >= 0.3 is 0 Å². The molecule has 2 aromatic carbocycles. The molecule has 0 unspecified atom stereocenters. The van der Waals surface area contributed by atoms with Crippen LogP contribution in [0.25, 0.3) is 5.57 Å². The number of hydrogen-bond donors (Lipinski definition) is 0. The van der Waals surface area contributed by atoms with Gasteiger partial charge in [-0.05, 0) is 30.5 Å². The first-order chi connectivity index (χ1) is 14.2. The molecule has 1 aromatic heterocycles. The van der Waals surface area contributed by atoms with Crippen LogP contribution in [0.3, 0.4) is 0 Å². The van der Waals surface area contributed by atoms with Gasteiger partial charge in [0.1, 0.15) is 11.5 Å². The molecule has 3 aromatic rings. The third-order valence-corrected chi connectivity index (χ3v) is 5.59. The number of nitrogens with zero attached hydrogens (tertiary/aromatic N) is 2. The highest BCUT2D eigenvalue weighted by Crippen LogP contribution is 2.46. The first-order valence-corrected chi connectivity index (χ1v) is 9.77. The molecule has 0 aliphatic carbocycles. The summed E-state index contributed by atoms with van der Waals surface area (Å²) in [6.45, 7) is 1.32. The molecule has 5 nitrogen and oxygen atoms in total. The lowest BCUT2D eigenvalue weighted by atomic mass is 9.86. The Morgan fingerprint density at radius 2 is 1.41 bits per heavy atom. The topological polar surface area (TPSA) is 56.5 Å². The second-order valence-corrected chi connectivity index (χ2v) is 7.31. The lowest BCUT2D eigenvalue weighted by Crippen LogP contribution is -2.37. The quantitative estimate of drug-likeness (QED) is 0.366. The predicted octanol–water partition coefficient (Wildman–Crippen LogP) is 4.16. The van der Waals surface area contributed by atoms with Gasteiger partial charge in [-0.3, -0.25) is 4.79 Å². The summed E-state index contributed by atoms with van der Waals surface area (Å²) in [6, 6.07) is 19.4. The van der Waals surface area contributed by atoms with E-state index in [4.69, 9.17) is 4.74 Å². The number of aromatic nitrogens is 1. The van der Waals surface area contributed by atoms with E-state index in [1.165, 1.54) is 23.5 Å². The van der Waals surface area contributed by atoms with E-state index >= 15 is 0 Å². The van der Waals surface area contributed by atoms with Crippen LogP contribution in [-0.2, 0) is 0 Å². The Hall–Kier alpha value is -3.60. The van der Waals surface area contributed by atoms with Crippen LogP contribution in [0, 0.1) is 5.21 Å². The average Bonchev–Trinajstić information content (AvgIpc) is 2.77. The lowest BCUT2D eigenvalue weighted by Gasteiger charge is -2.32. The molecule has 0 saturated carbocycles. The van der Waals surface area contributed by atoms with E-state index < -0.39 is 0 Å². The van der Waals surface area contributed by atoms with Crippen molar-refractivity contribution in [2.24, 2.45) is 0 Å². The second kappa shape index (κ2) is 7.09. The molecule has 0 atom stereocenters. The molecular formula is C24H20N2O3. The fourth-order valence-corrected chi connectivity index (χ4v) is 4.14. The molecule has 29 heavy (non-hydrogen) atoms. The van der Waals surface area contributed by atoms with E-state index in [1.54, 1.807) is 12.1 Å². The van der Waals surface area contributed by atoms with Gasteiger partial charge in [0.15, 0.2) is 12.4 Å². The van der Waals surface area contributed by atoms with Crippen LogP contribution in [0.15, 0.2) is 78.6 Å². The Morgan fingerprint density at radius 3 is 2.00 bits per heavy atom. The maximum Gasteiger partial charge on any atom is 0.254 e. The Labute approximate surface area is 169 Å². The number of hydrogen-bond acceptors (Lipinski definition) is 3. The van der Waals surface area contributed by atoms with Crippen molar-refractivity contribution in [3.63, 3.8) is 0 Å². The van der Waals surface area contributed by atoms with Gasteiger partial charge in [-0.2, -0.15) is 4.73 Å². The summed E-state index contributed by atoms with van der Waals surface area (Å²) in [5.74, 6) is 1.73. The largest absolute Gasteiger partial charge is 0.619 e. The Kier molecular flexibility index (Phi) is 4.28. The Morgan fingerprint density at radius 1 is 0.862 bits per heavy atom. The van der Waals surface area contributed by atoms with Crippen LogP contribution in [0.2, 0.25) is 0 Å². The van der Waals surface area contributed by atoms with Gasteiger partial charge in [0.2, 0.25) is 0 Å². The van der Waals surface area contributed by atoms with Crippen molar-refractivity contribution in [3.8, 4) is 11.5 Å². The highest BCUT2D eigenvalue weighted by atomic mass is 16.5. The number of carbonyl (C=O) groups excluding carboxylic acids is 1. The number of pyridine rings is 1. The molecule has 0 N–H and O–H groups in total. The van der Waals surface area contributed by atoms with E-state index in [-0.39, 0.29) is 5.91 Å². The molecule has 144 valence electrons. The molecule has 3 heterocycles. The standard InChI is InChI=1S/C24H20N2O3/c27-24(18-11-15-26(28)16-12-18)25-13-9-17(10-14-25)23-19-5-1-3-7-21(19)29-22-8-4-2-6-20(22)23/h1-8,11-12,15-16H,9-10,13-14H2. The molecule has 0 radical (unpaired) electrons. The van der Waals surface area contributed by atoms with Crippen LogP contribution in [0.5, 0.6) is 11.5 Å². The third-order valence-electron chi connectivity index (χ3n) is 5.59. The third kappa shape index (κ3) is 3.14. The summed E-state index contributed by atoms with van der Waals surface area (Å²) in [7, 11) is 0. The first kappa shape index (κ1) is 17.5. The minimum atomic E-state index is -0.0255. The monoisotopic (exact) mass is 384 g/mol. The molecule has 5 heteroatoms. The number of carbonyl (C=O) groups is 1. The summed E-state index contributed by atoms with van der Waals surface area (Å²) in [6.07, 6.45) is 4.36. The molecule has 1 saturated heterocycles. The minimum Gasteiger partial charge on any atom is -0.619 e. The summed E-state index contributed by atoms with van der Waals surface area (Å²) in [5.41, 5.74) is 5.37. The number of fused-ring (bicyclic) bond motifs is 2. The van der Waals surface area contributed by atoms with Crippen molar-refractivity contribution in [3.05, 3.63) is 101 Å². The van der Waals surface area contributed by atoms with Crippen molar-refractivity contribution in [1.82, 2.24) is 4.90 Å². The highest BCUT2D eigenvalue weighted by molar-refractivity contribution is 5.94. The van der Waals surface area contributed by atoms with E-state index in [1.807, 2.05) is 41.3 Å². The molecule has 0 bridgehead atoms. The highest BCUT2D eigenvalue weighted by Gasteiger charge is 2.27. The summed E-state index contributed by atoms with van der Waals surface area (Å²) in [4.78, 5) is 14.6. The normalized spacial score (nSPS) is 15.4. The number of amides is 1. The SMILES string of the molecule is O=C(c1cc[n+]([O-])cc1)N1CCC(=C2c3ccccc3Oc3ccccc32)CC1. The zero-order valence-electron chi connectivity index (χ0n) is 15.9. The molecule has 1 fully saturated rings. The van der Waals surface area contributed by atoms with Gasteiger partial charge in [-0.25, -0.2) is 0 Å². The molecule has 5 rings (SSSR count). The predicted molar refractivity (Wildman–Crippen MR) is 110 cm³/mol. The summed E-state index contributed by atoms with van der Waals surface area (Å²) in [5, 5.41) is 11.2. The van der Waals surface area contributed by atoms with Gasteiger partial charge in [0.05, 0.1) is 5.56 Å². The summed E-state index contributed by atoms with van der Waals surface area (Å²) < 4.78 is 6.79. The van der Waals surface area contributed by atoms with Gasteiger partial charge in [0.25, 0.3) is 5.91 Å². The number of ether oxygens (including phenoxy) is 1. The molecule has 2 aliphatic heterocycles. The number of para-hydroxylation sites is 2. The summed E-state index contributed by atoms with van der Waals surface area (Å²) >= 11 is 0. The van der Waals surface area contributed by atoms with Gasteiger partial charge in [0, 0.05) is 36.3 Å². The zero-order chi connectivity index (χ0) is 19.8. The fourth-order valence-electron chi connectivity index (χ4n) is 4.14. The smallest absolute Gasteiger partial charge is 0.254 e. The average molecular weight is 384 g/mol. The van der Waals surface area contributed by atoms with Crippen LogP contribution in [0.1, 0.15) is 34.3 Å². The van der Waals surface area contributed by atoms with Crippen LogP contribution in [-0.4, -0.2) is 23.9 Å². The van der Waals surface area contributed by atoms with E-state index in [0.29, 0.717) is 23.4 Å². The van der Waals surface area contributed by atoms with E-state index in [2.05, 4.69) is 12.1 Å². The maximum absolute atomic E-state index is 12.8. The Bertz CT molecular complexity index is 1060. The fraction of sp³-hybridized carbons (Fsp3) is 0.167. The molecule has 2 aliphatic rings. The van der Waals surface area contributed by atoms with Crippen molar-refractivity contribution < 1.29 is 14.3 Å². The van der Waals surface area contributed by atoms with Gasteiger partial charge in [-0.1, -0.05) is 42.0 Å². The van der Waals surface area contributed by atoms with Crippen LogP contribution >= 0.6 is 0 Å². The zero-order valence-corrected chi connectivity index (χ0v) is 15.9. The number of benzene rings is 2. The molecular weight excluding hydrogens is 364 g/mol. The Balaban J connectivity index is 1.45. The molecule has 0 spiro atoms. The first-order valence-electron chi connectivity index (χ1n) is 9.77. The van der Waals surface area contributed by atoms with E-state index in [0.717, 1.165) is 35.5 Å². The van der Waals surface area contributed by atoms with Crippen molar-refractivity contribution in [2.45, 2.75) is 12.8 Å². The minimum absolute atomic E-state index is 0.0255. The number of rotatable bonds is 1. The van der Waals surface area contributed by atoms with Crippen molar-refractivity contribution in [2.75, 3.05) is 13.1 Å². The van der Waals surface area contributed by atoms with Gasteiger partial charge in [-0.15, -0.1) is 0 Å². The van der Waals surface area contributed by atoms with Crippen LogP contribution in [0.4, 0.5) is 0 Å². The maximum atomic E-state index is 12.8. The second-order valence-electron chi connectivity index (χ2n) is 7.31. The van der Waals surface area contributed by atoms with E-state index in [9.17, 15) is 10.0 Å². The van der Waals surface area contributed by atoms with Crippen molar-refractivity contribution in [1.29, 1.82) is 0 Å². The molecule has 1 amide bonds. The van der Waals surface area contributed by atoms with Crippen LogP contribution < -0.4 is 9.47 Å². The number of piperidine rings is 1. The van der Waals surface area contributed by atoms with Gasteiger partial charge < -0.3 is 14.8 Å². The lowest BCUT2D eigenvalue weighted by molar-refractivity contribution is -0.605. The number of likely N-dealkylation sites (tertiary alicyclic amines) is 1.